The smallest absolute Gasteiger partial charge is 0.186 e. The number of hydrogen-bond acceptors (Lipinski definition) is 3. The molecular formula is C17H18IN3OS. The zero-order valence-electron chi connectivity index (χ0n) is 12.8. The Bertz CT molecular complexity index is 674. The maximum absolute atomic E-state index is 5.90. The molecule has 0 atom stereocenters. The van der Waals surface area contributed by atoms with E-state index in [4.69, 9.17) is 17.0 Å². The first-order valence-corrected chi connectivity index (χ1v) is 8.71. The quantitative estimate of drug-likeness (QED) is 0.312. The Hall–Kier alpha value is -1.67. The minimum Gasteiger partial charge on any atom is -0.488 e. The van der Waals surface area contributed by atoms with E-state index < -0.39 is 0 Å². The third-order valence-electron chi connectivity index (χ3n) is 2.93. The number of thiocarbonyl (C=S) groups is 1. The third kappa shape index (κ3) is 6.15. The molecule has 23 heavy (non-hydrogen) atoms. The fraction of sp³-hybridized carbons (Fsp3) is 0.176. The number of rotatable bonds is 6. The Morgan fingerprint density at radius 1 is 1.22 bits per heavy atom. The van der Waals surface area contributed by atoms with Crippen LogP contribution in [0.4, 0.5) is 0 Å². The molecule has 0 radical (unpaired) electrons. The monoisotopic (exact) mass is 439 g/mol. The highest BCUT2D eigenvalue weighted by Crippen LogP contribution is 2.18. The fourth-order valence-electron chi connectivity index (χ4n) is 1.82. The van der Waals surface area contributed by atoms with Gasteiger partial charge in [0.2, 0.25) is 0 Å². The summed E-state index contributed by atoms with van der Waals surface area (Å²) in [6.07, 6.45) is 1.70. The van der Waals surface area contributed by atoms with Crippen molar-refractivity contribution in [3.63, 3.8) is 0 Å². The second-order valence-electron chi connectivity index (χ2n) is 4.68. The second kappa shape index (κ2) is 9.46. The standard InChI is InChI=1S/C17H18IN3OS/c1-2-19-17(23)21-20-11-14-5-3-4-6-16(14)22-12-13-7-9-15(18)10-8-13/h3-11H,2,12H2,1H3,(H2,19,21,23)/b20-11-. The van der Waals surface area contributed by atoms with E-state index >= 15 is 0 Å². The molecule has 0 unspecified atom stereocenters. The number of hydrogen-bond donors (Lipinski definition) is 2. The molecule has 0 aliphatic carbocycles. The molecule has 0 amide bonds. The molecule has 0 saturated heterocycles. The van der Waals surface area contributed by atoms with Crippen LogP contribution in [0.5, 0.6) is 5.75 Å². The number of nitrogens with one attached hydrogen (secondary N) is 2. The van der Waals surface area contributed by atoms with Crippen molar-refractivity contribution in [2.45, 2.75) is 13.5 Å². The van der Waals surface area contributed by atoms with Gasteiger partial charge < -0.3 is 10.1 Å². The Balaban J connectivity index is 1.98. The molecule has 2 rings (SSSR count). The molecule has 0 fully saturated rings. The molecule has 0 aliphatic heterocycles. The maximum Gasteiger partial charge on any atom is 0.186 e. The predicted molar refractivity (Wildman–Crippen MR) is 107 cm³/mol. The van der Waals surface area contributed by atoms with Gasteiger partial charge in [0.25, 0.3) is 0 Å². The summed E-state index contributed by atoms with van der Waals surface area (Å²) < 4.78 is 7.11. The van der Waals surface area contributed by atoms with Crippen LogP contribution < -0.4 is 15.5 Å². The Morgan fingerprint density at radius 3 is 2.70 bits per heavy atom. The van der Waals surface area contributed by atoms with Gasteiger partial charge in [-0.2, -0.15) is 5.10 Å². The highest BCUT2D eigenvalue weighted by Gasteiger charge is 2.01. The van der Waals surface area contributed by atoms with Crippen LogP contribution >= 0.6 is 34.8 Å². The van der Waals surface area contributed by atoms with E-state index in [-0.39, 0.29) is 0 Å². The molecule has 120 valence electrons. The molecular weight excluding hydrogens is 421 g/mol. The van der Waals surface area contributed by atoms with E-state index in [9.17, 15) is 0 Å². The molecule has 2 aromatic carbocycles. The zero-order valence-corrected chi connectivity index (χ0v) is 15.7. The van der Waals surface area contributed by atoms with Crippen LogP contribution in [-0.4, -0.2) is 17.9 Å². The second-order valence-corrected chi connectivity index (χ2v) is 6.34. The van der Waals surface area contributed by atoms with Crippen molar-refractivity contribution >= 4 is 46.1 Å². The molecule has 6 heteroatoms. The summed E-state index contributed by atoms with van der Waals surface area (Å²) in [4.78, 5) is 0. The molecule has 0 heterocycles. The number of para-hydroxylation sites is 1. The summed E-state index contributed by atoms with van der Waals surface area (Å²) in [5, 5.41) is 7.60. The number of hydrazone groups is 1. The first kappa shape index (κ1) is 17.7. The lowest BCUT2D eigenvalue weighted by atomic mass is 10.2. The van der Waals surface area contributed by atoms with E-state index in [1.54, 1.807) is 6.21 Å². The van der Waals surface area contributed by atoms with Gasteiger partial charge in [-0.1, -0.05) is 24.3 Å². The summed E-state index contributed by atoms with van der Waals surface area (Å²) in [7, 11) is 0. The zero-order chi connectivity index (χ0) is 16.5. The first-order valence-electron chi connectivity index (χ1n) is 7.22. The van der Waals surface area contributed by atoms with Crippen LogP contribution in [0.1, 0.15) is 18.1 Å². The maximum atomic E-state index is 5.90. The van der Waals surface area contributed by atoms with Crippen molar-refractivity contribution in [3.05, 3.63) is 63.2 Å². The van der Waals surface area contributed by atoms with Gasteiger partial charge in [0.1, 0.15) is 12.4 Å². The van der Waals surface area contributed by atoms with Crippen LogP contribution in [0, 0.1) is 3.57 Å². The summed E-state index contributed by atoms with van der Waals surface area (Å²) in [6, 6.07) is 16.0. The molecule has 2 N–H and O–H groups in total. The van der Waals surface area contributed by atoms with E-state index in [2.05, 4.69) is 62.7 Å². The van der Waals surface area contributed by atoms with E-state index in [1.807, 2.05) is 31.2 Å². The van der Waals surface area contributed by atoms with Crippen LogP contribution in [0.25, 0.3) is 0 Å². The number of nitrogens with zero attached hydrogens (tertiary/aromatic N) is 1. The van der Waals surface area contributed by atoms with Crippen molar-refractivity contribution in [3.8, 4) is 5.75 Å². The third-order valence-corrected chi connectivity index (χ3v) is 3.89. The van der Waals surface area contributed by atoms with Gasteiger partial charge in [-0.05, 0) is 71.6 Å². The van der Waals surface area contributed by atoms with Crippen molar-refractivity contribution in [1.29, 1.82) is 0 Å². The number of benzene rings is 2. The van der Waals surface area contributed by atoms with Crippen molar-refractivity contribution in [2.24, 2.45) is 5.10 Å². The molecule has 0 spiro atoms. The van der Waals surface area contributed by atoms with Crippen molar-refractivity contribution < 1.29 is 4.74 Å². The first-order chi connectivity index (χ1) is 11.2. The fourth-order valence-corrected chi connectivity index (χ4v) is 2.38. The Kier molecular flexibility index (Phi) is 7.28. The summed E-state index contributed by atoms with van der Waals surface area (Å²) in [5.74, 6) is 0.783. The van der Waals surface area contributed by atoms with Crippen LogP contribution in [0.15, 0.2) is 53.6 Å². The van der Waals surface area contributed by atoms with Gasteiger partial charge in [-0.15, -0.1) is 0 Å². The molecule has 4 nitrogen and oxygen atoms in total. The largest absolute Gasteiger partial charge is 0.488 e. The Morgan fingerprint density at radius 2 is 1.96 bits per heavy atom. The van der Waals surface area contributed by atoms with E-state index in [1.165, 1.54) is 3.57 Å². The van der Waals surface area contributed by atoms with Crippen LogP contribution in [0.2, 0.25) is 0 Å². The molecule has 0 saturated carbocycles. The minimum absolute atomic E-state index is 0.501. The minimum atomic E-state index is 0.501. The summed E-state index contributed by atoms with van der Waals surface area (Å²) in [5.41, 5.74) is 4.79. The summed E-state index contributed by atoms with van der Waals surface area (Å²) >= 11 is 7.35. The van der Waals surface area contributed by atoms with Gasteiger partial charge in [0, 0.05) is 15.7 Å². The van der Waals surface area contributed by atoms with Gasteiger partial charge in [-0.25, -0.2) is 0 Å². The SMILES string of the molecule is CCNC(=S)N/N=C\c1ccccc1OCc1ccc(I)cc1. The van der Waals surface area contributed by atoms with Gasteiger partial charge >= 0.3 is 0 Å². The average molecular weight is 439 g/mol. The Labute approximate surface area is 155 Å². The number of ether oxygens (including phenoxy) is 1. The highest BCUT2D eigenvalue weighted by molar-refractivity contribution is 14.1. The van der Waals surface area contributed by atoms with Crippen LogP contribution in [0.3, 0.4) is 0 Å². The van der Waals surface area contributed by atoms with Crippen molar-refractivity contribution in [2.75, 3.05) is 6.54 Å². The highest BCUT2D eigenvalue weighted by atomic mass is 127. The van der Waals surface area contributed by atoms with Crippen LogP contribution in [-0.2, 0) is 6.61 Å². The van der Waals surface area contributed by atoms with E-state index in [0.717, 1.165) is 23.4 Å². The van der Waals surface area contributed by atoms with Crippen molar-refractivity contribution in [1.82, 2.24) is 10.7 Å². The molecule has 2 aromatic rings. The average Bonchev–Trinajstić information content (AvgIpc) is 2.56. The molecule has 0 bridgehead atoms. The lowest BCUT2D eigenvalue weighted by molar-refractivity contribution is 0.306. The van der Waals surface area contributed by atoms with Gasteiger partial charge in [-0.3, -0.25) is 5.43 Å². The predicted octanol–water partition coefficient (Wildman–Crippen LogP) is 3.69. The molecule has 0 aromatic heterocycles. The number of halogens is 1. The normalized spacial score (nSPS) is 10.5. The van der Waals surface area contributed by atoms with Gasteiger partial charge in [0.05, 0.1) is 6.21 Å². The summed E-state index contributed by atoms with van der Waals surface area (Å²) in [6.45, 7) is 3.26. The molecule has 0 aliphatic rings. The lowest BCUT2D eigenvalue weighted by Crippen LogP contribution is -2.31. The van der Waals surface area contributed by atoms with E-state index in [0.29, 0.717) is 11.7 Å². The topological polar surface area (TPSA) is 45.7 Å². The van der Waals surface area contributed by atoms with Gasteiger partial charge in [0.15, 0.2) is 5.11 Å². The lowest BCUT2D eigenvalue weighted by Gasteiger charge is -2.09.